The van der Waals surface area contributed by atoms with Crippen LogP contribution in [-0.4, -0.2) is 0 Å². The summed E-state index contributed by atoms with van der Waals surface area (Å²) in [5.74, 6) is 0. The topological polar surface area (TPSA) is 0 Å². The van der Waals surface area contributed by atoms with Crippen LogP contribution in [0.2, 0.25) is 0 Å². The molecule has 0 N–H and O–H groups in total. The van der Waals surface area contributed by atoms with Crippen LogP contribution in [0.3, 0.4) is 0 Å². The monoisotopic (exact) mass is 248 g/mol. The molecule has 2 aromatic rings. The molecule has 0 bridgehead atoms. The second-order valence-corrected chi connectivity index (χ2v) is 2.85. The van der Waals surface area contributed by atoms with E-state index >= 15 is 0 Å². The first kappa shape index (κ1) is 12.6. The van der Waals surface area contributed by atoms with Crippen LogP contribution in [0.5, 0.6) is 0 Å². The molecule has 0 spiro atoms. The Balaban J connectivity index is 0.000000215. The number of aryl methyl sites for hydroxylation is 2. The van der Waals surface area contributed by atoms with Gasteiger partial charge in [-0.05, 0) is 0 Å². The van der Waals surface area contributed by atoms with Gasteiger partial charge in [-0.25, -0.2) is 12.1 Å². The number of hydrogen-bond donors (Lipinski definition) is 0. The first-order chi connectivity index (χ1) is 5.80. The molecule has 2 rings (SSSR count). The molecule has 0 heterocycles. The van der Waals surface area contributed by atoms with E-state index in [1.165, 1.54) is 11.1 Å². The minimum Gasteiger partial charge on any atom is -0.748 e. The Bertz CT molecular complexity index is 257. The summed E-state index contributed by atoms with van der Waals surface area (Å²) >= 11 is 0. The smallest absolute Gasteiger partial charge is 0 e. The molecule has 0 aliphatic heterocycles. The van der Waals surface area contributed by atoms with E-state index in [1.807, 2.05) is 30.3 Å². The van der Waals surface area contributed by atoms with Crippen LogP contribution in [0.4, 0.5) is 0 Å². The standard InChI is InChI=1S/C7H9.C5H5.Zr/c1-6-4-3-5-7(6)2;1-2-4-5-3-1;/h3-5H,1-2H3;1-5H;/q-1;-5;. The number of hydrogen-bond acceptors (Lipinski definition) is 0. The van der Waals surface area contributed by atoms with E-state index in [9.17, 15) is 0 Å². The van der Waals surface area contributed by atoms with E-state index in [0.717, 1.165) is 0 Å². The van der Waals surface area contributed by atoms with Crippen molar-refractivity contribution in [3.8, 4) is 0 Å². The second-order valence-electron chi connectivity index (χ2n) is 2.85. The largest absolute Gasteiger partial charge is 0.748 e. The summed E-state index contributed by atoms with van der Waals surface area (Å²) in [5, 5.41) is 0. The normalized spacial score (nSPS) is 8.15. The third kappa shape index (κ3) is 5.00. The Hall–Kier alpha value is -0.417. The minimum absolute atomic E-state index is 0. The van der Waals surface area contributed by atoms with E-state index in [-0.39, 0.29) is 26.2 Å². The quantitative estimate of drug-likeness (QED) is 0.628. The van der Waals surface area contributed by atoms with Crippen molar-refractivity contribution < 1.29 is 26.2 Å². The summed E-state index contributed by atoms with van der Waals surface area (Å²) in [6.07, 6.45) is 0. The Morgan fingerprint density at radius 3 is 1.69 bits per heavy atom. The molecule has 0 aromatic heterocycles. The summed E-state index contributed by atoms with van der Waals surface area (Å²) in [7, 11) is 0. The third-order valence-corrected chi connectivity index (χ3v) is 1.87. The molecule has 1 heteroatoms. The van der Waals surface area contributed by atoms with Gasteiger partial charge in [-0.15, -0.1) is 0 Å². The van der Waals surface area contributed by atoms with E-state index in [0.29, 0.717) is 0 Å². The fourth-order valence-corrected chi connectivity index (χ4v) is 0.920. The van der Waals surface area contributed by atoms with Crippen LogP contribution in [0.15, 0.2) is 48.5 Å². The zero-order chi connectivity index (χ0) is 8.81. The second kappa shape index (κ2) is 7.03. The molecule has 0 unspecified atom stereocenters. The van der Waals surface area contributed by atoms with E-state index < -0.39 is 0 Å². The maximum Gasteiger partial charge on any atom is 0 e. The van der Waals surface area contributed by atoms with E-state index in [2.05, 4.69) is 32.0 Å². The summed E-state index contributed by atoms with van der Waals surface area (Å²) in [5.41, 5.74) is 2.78. The summed E-state index contributed by atoms with van der Waals surface area (Å²) < 4.78 is 0. The van der Waals surface area contributed by atoms with Gasteiger partial charge in [0.2, 0.25) is 0 Å². The fraction of sp³-hybridized carbons (Fsp3) is 0.167. The molecule has 0 amide bonds. The van der Waals surface area contributed by atoms with Gasteiger partial charge in [-0.3, -0.25) is 0 Å². The van der Waals surface area contributed by atoms with Crippen molar-refractivity contribution in [1.29, 1.82) is 0 Å². The summed E-state index contributed by atoms with van der Waals surface area (Å²) in [4.78, 5) is 0. The van der Waals surface area contributed by atoms with Gasteiger partial charge in [0.05, 0.1) is 0 Å². The average Bonchev–Trinajstić information content (AvgIpc) is 2.67. The fourth-order valence-electron chi connectivity index (χ4n) is 0.920. The predicted molar refractivity (Wildman–Crippen MR) is 53.5 cm³/mol. The van der Waals surface area contributed by atoms with Gasteiger partial charge in [-0.1, -0.05) is 13.8 Å². The van der Waals surface area contributed by atoms with Crippen molar-refractivity contribution in [2.75, 3.05) is 0 Å². The van der Waals surface area contributed by atoms with Crippen molar-refractivity contribution >= 4 is 0 Å². The molecular weight excluding hydrogens is 235 g/mol. The molecule has 0 saturated carbocycles. The van der Waals surface area contributed by atoms with Crippen molar-refractivity contribution in [1.82, 2.24) is 0 Å². The van der Waals surface area contributed by atoms with Gasteiger partial charge >= 0.3 is 0 Å². The SMILES string of the molecule is Cc1ccc[c-]1C.[Zr].[cH-]1[cH-][cH-][cH-][cH-]1. The minimum atomic E-state index is 0. The van der Waals surface area contributed by atoms with Crippen LogP contribution in [-0.2, 0) is 26.2 Å². The Morgan fingerprint density at radius 1 is 1.08 bits per heavy atom. The van der Waals surface area contributed by atoms with Crippen LogP contribution >= 0.6 is 0 Å². The van der Waals surface area contributed by atoms with Crippen LogP contribution in [0.1, 0.15) is 11.1 Å². The molecule has 0 fully saturated rings. The van der Waals surface area contributed by atoms with Gasteiger partial charge in [0.15, 0.2) is 0 Å². The van der Waals surface area contributed by atoms with Crippen LogP contribution in [0, 0.1) is 13.8 Å². The summed E-state index contributed by atoms with van der Waals surface area (Å²) in [6, 6.07) is 16.3. The van der Waals surface area contributed by atoms with Crippen LogP contribution < -0.4 is 0 Å². The maximum atomic E-state index is 2.12. The Labute approximate surface area is 99.5 Å². The van der Waals surface area contributed by atoms with Gasteiger partial charge in [0.1, 0.15) is 0 Å². The van der Waals surface area contributed by atoms with Gasteiger partial charge in [0, 0.05) is 26.2 Å². The third-order valence-electron chi connectivity index (χ3n) is 1.87. The summed E-state index contributed by atoms with van der Waals surface area (Å²) in [6.45, 7) is 4.24. The Kier molecular flexibility index (Phi) is 6.81. The van der Waals surface area contributed by atoms with Gasteiger partial charge in [0.25, 0.3) is 0 Å². The van der Waals surface area contributed by atoms with Crippen molar-refractivity contribution in [3.63, 3.8) is 0 Å². The molecular formula is C12H14Zr-6. The molecule has 0 aliphatic rings. The Morgan fingerprint density at radius 2 is 1.54 bits per heavy atom. The number of rotatable bonds is 0. The zero-order valence-electron chi connectivity index (χ0n) is 8.12. The van der Waals surface area contributed by atoms with E-state index in [4.69, 9.17) is 0 Å². The van der Waals surface area contributed by atoms with E-state index in [1.54, 1.807) is 0 Å². The molecule has 0 aliphatic carbocycles. The zero-order valence-corrected chi connectivity index (χ0v) is 10.6. The molecule has 72 valence electrons. The molecule has 13 heavy (non-hydrogen) atoms. The first-order valence-electron chi connectivity index (χ1n) is 4.16. The molecule has 0 radical (unpaired) electrons. The van der Waals surface area contributed by atoms with Crippen molar-refractivity contribution in [2.45, 2.75) is 13.8 Å². The molecule has 0 saturated heterocycles. The molecule has 2 aromatic carbocycles. The first-order valence-corrected chi connectivity index (χ1v) is 4.16. The van der Waals surface area contributed by atoms with Gasteiger partial charge in [-0.2, -0.15) is 17.2 Å². The van der Waals surface area contributed by atoms with Gasteiger partial charge < -0.3 is 30.3 Å². The van der Waals surface area contributed by atoms with Crippen molar-refractivity contribution in [3.05, 3.63) is 59.7 Å². The maximum absolute atomic E-state index is 2.12. The average molecular weight is 249 g/mol. The molecule has 0 nitrogen and oxygen atoms in total. The predicted octanol–water partition coefficient (Wildman–Crippen LogP) is 3.43. The molecule has 0 atom stereocenters. The van der Waals surface area contributed by atoms with Crippen LogP contribution in [0.25, 0.3) is 0 Å². The van der Waals surface area contributed by atoms with Crippen molar-refractivity contribution in [2.24, 2.45) is 0 Å².